The van der Waals surface area contributed by atoms with Crippen LogP contribution in [0.15, 0.2) is 24.3 Å². The first kappa shape index (κ1) is 8.61. The Hall–Kier alpha value is -0.520. The molecule has 0 saturated heterocycles. The summed E-state index contributed by atoms with van der Waals surface area (Å²) in [4.78, 5) is 0. The number of hydrogen-bond donors (Lipinski definition) is 0. The summed E-state index contributed by atoms with van der Waals surface area (Å²) in [7, 11) is 0. The van der Waals surface area contributed by atoms with Crippen LogP contribution in [-0.2, 0) is 0 Å². The SMILES string of the molecule is CC=CC1CC2CC1C1C3C=CC(C3)C21. The Bertz CT molecular complexity index is 338. The molecule has 7 unspecified atom stereocenters. The highest BCUT2D eigenvalue weighted by molar-refractivity contribution is 5.21. The van der Waals surface area contributed by atoms with E-state index in [0.29, 0.717) is 0 Å². The van der Waals surface area contributed by atoms with Gasteiger partial charge in [-0.1, -0.05) is 24.3 Å². The van der Waals surface area contributed by atoms with Crippen molar-refractivity contribution >= 4 is 0 Å². The molecule has 0 heteroatoms. The van der Waals surface area contributed by atoms with E-state index in [0.717, 1.165) is 41.4 Å². The van der Waals surface area contributed by atoms with Gasteiger partial charge in [0.25, 0.3) is 0 Å². The molecule has 0 amide bonds. The summed E-state index contributed by atoms with van der Waals surface area (Å²) in [6.07, 6.45) is 14.4. The fourth-order valence-electron chi connectivity index (χ4n) is 5.54. The average molecular weight is 200 g/mol. The highest BCUT2D eigenvalue weighted by Crippen LogP contribution is 2.67. The molecule has 0 aromatic carbocycles. The first-order valence-corrected chi connectivity index (χ1v) is 6.69. The van der Waals surface area contributed by atoms with Crippen molar-refractivity contribution in [1.29, 1.82) is 0 Å². The molecule has 0 spiro atoms. The van der Waals surface area contributed by atoms with E-state index in [-0.39, 0.29) is 0 Å². The zero-order chi connectivity index (χ0) is 9.99. The van der Waals surface area contributed by atoms with Crippen LogP contribution in [0.3, 0.4) is 0 Å². The van der Waals surface area contributed by atoms with Crippen LogP contribution in [0.1, 0.15) is 26.2 Å². The maximum absolute atomic E-state index is 2.54. The molecular formula is C15H20. The first-order chi connectivity index (χ1) is 7.38. The summed E-state index contributed by atoms with van der Waals surface area (Å²) in [5, 5.41) is 0. The molecule has 0 heterocycles. The van der Waals surface area contributed by atoms with Crippen LogP contribution in [0.5, 0.6) is 0 Å². The van der Waals surface area contributed by atoms with Crippen molar-refractivity contribution in [3.8, 4) is 0 Å². The standard InChI is InChI=1S/C15H20/c1-2-3-9-6-12-8-13(9)15-11-5-4-10(7-11)14(12)15/h2-5,9-15H,6-8H2,1H3. The first-order valence-electron chi connectivity index (χ1n) is 6.69. The summed E-state index contributed by atoms with van der Waals surface area (Å²) in [5.74, 6) is 7.22. The summed E-state index contributed by atoms with van der Waals surface area (Å²) in [6.45, 7) is 2.18. The van der Waals surface area contributed by atoms with Crippen LogP contribution in [0.25, 0.3) is 0 Å². The van der Waals surface area contributed by atoms with E-state index >= 15 is 0 Å². The molecule has 0 nitrogen and oxygen atoms in total. The van der Waals surface area contributed by atoms with Crippen molar-refractivity contribution in [2.24, 2.45) is 41.4 Å². The molecule has 0 aliphatic heterocycles. The number of rotatable bonds is 1. The van der Waals surface area contributed by atoms with Crippen molar-refractivity contribution in [1.82, 2.24) is 0 Å². The minimum Gasteiger partial charge on any atom is -0.0914 e. The smallest absolute Gasteiger partial charge is 0.0194 e. The van der Waals surface area contributed by atoms with Gasteiger partial charge in [-0.25, -0.2) is 0 Å². The van der Waals surface area contributed by atoms with Gasteiger partial charge in [-0.05, 0) is 67.6 Å². The third-order valence-electron chi connectivity index (χ3n) is 5.76. The Morgan fingerprint density at radius 1 is 1.00 bits per heavy atom. The molecule has 0 radical (unpaired) electrons. The van der Waals surface area contributed by atoms with E-state index < -0.39 is 0 Å². The van der Waals surface area contributed by atoms with E-state index in [9.17, 15) is 0 Å². The Morgan fingerprint density at radius 3 is 2.60 bits per heavy atom. The fraction of sp³-hybridized carbons (Fsp3) is 0.733. The summed E-state index contributed by atoms with van der Waals surface area (Å²) in [5.41, 5.74) is 0. The molecule has 4 rings (SSSR count). The van der Waals surface area contributed by atoms with E-state index in [2.05, 4.69) is 31.2 Å². The van der Waals surface area contributed by atoms with Crippen LogP contribution in [0.2, 0.25) is 0 Å². The van der Waals surface area contributed by atoms with Gasteiger partial charge in [0.15, 0.2) is 0 Å². The van der Waals surface area contributed by atoms with Crippen LogP contribution in [0.4, 0.5) is 0 Å². The molecule has 3 saturated carbocycles. The molecule has 7 atom stereocenters. The second-order valence-electron chi connectivity index (χ2n) is 6.19. The Kier molecular flexibility index (Phi) is 1.60. The average Bonchev–Trinajstić information content (AvgIpc) is 2.95. The normalized spacial score (nSPS) is 59.7. The van der Waals surface area contributed by atoms with Gasteiger partial charge >= 0.3 is 0 Å². The lowest BCUT2D eigenvalue weighted by Gasteiger charge is -2.35. The number of fused-ring (bicyclic) bond motifs is 9. The van der Waals surface area contributed by atoms with Gasteiger partial charge in [0.05, 0.1) is 0 Å². The van der Waals surface area contributed by atoms with Gasteiger partial charge in [-0.15, -0.1) is 0 Å². The van der Waals surface area contributed by atoms with Gasteiger partial charge in [0.1, 0.15) is 0 Å². The Balaban J connectivity index is 1.68. The highest BCUT2D eigenvalue weighted by atomic mass is 14.6. The summed E-state index contributed by atoms with van der Waals surface area (Å²) < 4.78 is 0. The van der Waals surface area contributed by atoms with Crippen molar-refractivity contribution in [3.05, 3.63) is 24.3 Å². The second-order valence-corrected chi connectivity index (χ2v) is 6.19. The minimum absolute atomic E-state index is 0.939. The van der Waals surface area contributed by atoms with Crippen molar-refractivity contribution < 1.29 is 0 Å². The highest BCUT2D eigenvalue weighted by Gasteiger charge is 2.60. The van der Waals surface area contributed by atoms with Crippen molar-refractivity contribution in [2.75, 3.05) is 0 Å². The van der Waals surface area contributed by atoms with E-state index in [1.54, 1.807) is 6.42 Å². The van der Waals surface area contributed by atoms with Gasteiger partial charge < -0.3 is 0 Å². The molecule has 0 aromatic heterocycles. The van der Waals surface area contributed by atoms with Crippen LogP contribution in [0, 0.1) is 41.4 Å². The Labute approximate surface area is 92.4 Å². The minimum atomic E-state index is 0.939. The lowest BCUT2D eigenvalue weighted by atomic mass is 9.69. The third-order valence-corrected chi connectivity index (χ3v) is 5.76. The number of allylic oxidation sites excluding steroid dienone is 4. The number of hydrogen-bond acceptors (Lipinski definition) is 0. The van der Waals surface area contributed by atoms with E-state index in [4.69, 9.17) is 0 Å². The van der Waals surface area contributed by atoms with Crippen LogP contribution in [-0.4, -0.2) is 0 Å². The molecule has 15 heavy (non-hydrogen) atoms. The second kappa shape index (κ2) is 2.78. The molecule has 4 bridgehead atoms. The zero-order valence-electron chi connectivity index (χ0n) is 9.47. The maximum atomic E-state index is 2.54. The van der Waals surface area contributed by atoms with Crippen molar-refractivity contribution in [2.45, 2.75) is 26.2 Å². The van der Waals surface area contributed by atoms with Gasteiger partial charge in [-0.3, -0.25) is 0 Å². The predicted molar refractivity (Wildman–Crippen MR) is 62.2 cm³/mol. The zero-order valence-corrected chi connectivity index (χ0v) is 9.47. The monoisotopic (exact) mass is 200 g/mol. The molecule has 4 aliphatic rings. The summed E-state index contributed by atoms with van der Waals surface area (Å²) in [6, 6.07) is 0. The quantitative estimate of drug-likeness (QED) is 0.447. The topological polar surface area (TPSA) is 0 Å². The molecule has 0 aromatic rings. The van der Waals surface area contributed by atoms with Gasteiger partial charge in [0, 0.05) is 0 Å². The lowest BCUT2D eigenvalue weighted by molar-refractivity contribution is 0.173. The largest absolute Gasteiger partial charge is 0.0914 e. The van der Waals surface area contributed by atoms with Gasteiger partial charge in [-0.2, -0.15) is 0 Å². The maximum Gasteiger partial charge on any atom is -0.0194 e. The van der Waals surface area contributed by atoms with Gasteiger partial charge in [0.2, 0.25) is 0 Å². The summed E-state index contributed by atoms with van der Waals surface area (Å²) >= 11 is 0. The van der Waals surface area contributed by atoms with Crippen LogP contribution >= 0.6 is 0 Å². The Morgan fingerprint density at radius 2 is 1.80 bits per heavy atom. The van der Waals surface area contributed by atoms with E-state index in [1.807, 2.05) is 0 Å². The van der Waals surface area contributed by atoms with Crippen molar-refractivity contribution in [3.63, 3.8) is 0 Å². The predicted octanol–water partition coefficient (Wildman–Crippen LogP) is 3.66. The molecule has 4 aliphatic carbocycles. The molecule has 3 fully saturated rings. The van der Waals surface area contributed by atoms with E-state index in [1.165, 1.54) is 12.8 Å². The molecular weight excluding hydrogens is 180 g/mol. The molecule has 0 N–H and O–H groups in total. The lowest BCUT2D eigenvalue weighted by Crippen LogP contribution is -2.30. The fourth-order valence-corrected chi connectivity index (χ4v) is 5.54. The third kappa shape index (κ3) is 0.940. The molecule has 80 valence electrons. The van der Waals surface area contributed by atoms with Crippen LogP contribution < -0.4 is 0 Å².